The number of carbonyl (C=O) groups is 1. The fraction of sp³-hybridized carbons (Fsp3) is 0.357. The number of benzene rings is 1. The Kier molecular flexibility index (Phi) is 3.13. The molecule has 0 spiro atoms. The van der Waals surface area contributed by atoms with Crippen LogP contribution >= 0.6 is 0 Å². The first-order chi connectivity index (χ1) is 9.29. The van der Waals surface area contributed by atoms with Crippen LogP contribution in [0.4, 0.5) is 0 Å². The molecule has 1 N–H and O–H groups in total. The van der Waals surface area contributed by atoms with E-state index in [0.717, 1.165) is 18.4 Å². The Morgan fingerprint density at radius 1 is 1.32 bits per heavy atom. The molecule has 1 saturated heterocycles. The summed E-state index contributed by atoms with van der Waals surface area (Å²) in [4.78, 5) is 22.6. The molecule has 2 aromatic rings. The topological polar surface area (TPSA) is 66.3 Å². The van der Waals surface area contributed by atoms with Crippen molar-refractivity contribution in [3.63, 3.8) is 0 Å². The fourth-order valence-electron chi connectivity index (χ4n) is 2.56. The average molecular weight is 257 g/mol. The number of aliphatic hydroxyl groups excluding tert-OH is 1. The largest absolute Gasteiger partial charge is 0.394 e. The number of carbonyl (C=O) groups excluding carboxylic acids is 1. The number of hydrogen-bond donors (Lipinski definition) is 1. The molecule has 1 amide bonds. The Morgan fingerprint density at radius 3 is 2.89 bits per heavy atom. The van der Waals surface area contributed by atoms with Gasteiger partial charge in [-0.3, -0.25) is 14.8 Å². The number of rotatable bonds is 2. The first kappa shape index (κ1) is 12.0. The van der Waals surface area contributed by atoms with Gasteiger partial charge in [0.2, 0.25) is 0 Å². The van der Waals surface area contributed by atoms with Gasteiger partial charge in [-0.2, -0.15) is 0 Å². The van der Waals surface area contributed by atoms with Gasteiger partial charge in [-0.1, -0.05) is 0 Å². The molecular weight excluding hydrogens is 242 g/mol. The highest BCUT2D eigenvalue weighted by Crippen LogP contribution is 2.21. The molecule has 1 atom stereocenters. The summed E-state index contributed by atoms with van der Waals surface area (Å²) in [5, 5.41) is 9.29. The number of aliphatic hydroxyl groups is 1. The second-order valence-corrected chi connectivity index (χ2v) is 4.74. The molecule has 3 rings (SSSR count). The number of hydrogen-bond acceptors (Lipinski definition) is 4. The zero-order valence-corrected chi connectivity index (χ0v) is 10.5. The zero-order valence-electron chi connectivity index (χ0n) is 10.5. The number of amides is 1. The first-order valence-electron chi connectivity index (χ1n) is 6.42. The van der Waals surface area contributed by atoms with Gasteiger partial charge in [0.05, 0.1) is 23.7 Å². The third-order valence-corrected chi connectivity index (χ3v) is 3.57. The summed E-state index contributed by atoms with van der Waals surface area (Å²) in [6.07, 6.45) is 5.06. The molecule has 0 saturated carbocycles. The molecule has 98 valence electrons. The van der Waals surface area contributed by atoms with Gasteiger partial charge in [0.25, 0.3) is 5.91 Å². The van der Waals surface area contributed by atoms with E-state index in [0.29, 0.717) is 17.6 Å². The summed E-state index contributed by atoms with van der Waals surface area (Å²) >= 11 is 0. The van der Waals surface area contributed by atoms with Crippen LogP contribution in [0.2, 0.25) is 0 Å². The predicted molar refractivity (Wildman–Crippen MR) is 70.7 cm³/mol. The molecule has 19 heavy (non-hydrogen) atoms. The Hall–Kier alpha value is -2.01. The third kappa shape index (κ3) is 2.17. The second-order valence-electron chi connectivity index (χ2n) is 4.74. The Labute approximate surface area is 110 Å². The van der Waals surface area contributed by atoms with Crippen LogP contribution in [0.1, 0.15) is 23.2 Å². The van der Waals surface area contributed by atoms with Crippen molar-refractivity contribution in [2.75, 3.05) is 13.2 Å². The van der Waals surface area contributed by atoms with Crippen molar-refractivity contribution in [2.24, 2.45) is 0 Å². The molecule has 5 heteroatoms. The number of fused-ring (bicyclic) bond motifs is 1. The van der Waals surface area contributed by atoms with Gasteiger partial charge in [-0.05, 0) is 31.0 Å². The summed E-state index contributed by atoms with van der Waals surface area (Å²) in [7, 11) is 0. The zero-order chi connectivity index (χ0) is 13.2. The van der Waals surface area contributed by atoms with Gasteiger partial charge < -0.3 is 10.0 Å². The maximum atomic E-state index is 12.4. The van der Waals surface area contributed by atoms with Gasteiger partial charge in [0.15, 0.2) is 0 Å². The van der Waals surface area contributed by atoms with Crippen LogP contribution in [-0.4, -0.2) is 45.1 Å². The van der Waals surface area contributed by atoms with Crippen LogP contribution in [-0.2, 0) is 0 Å². The van der Waals surface area contributed by atoms with Crippen LogP contribution in [0.5, 0.6) is 0 Å². The van der Waals surface area contributed by atoms with Gasteiger partial charge in [-0.15, -0.1) is 0 Å². The van der Waals surface area contributed by atoms with Crippen LogP contribution in [0.3, 0.4) is 0 Å². The van der Waals surface area contributed by atoms with Gasteiger partial charge in [0, 0.05) is 24.5 Å². The highest BCUT2D eigenvalue weighted by atomic mass is 16.3. The van der Waals surface area contributed by atoms with Gasteiger partial charge >= 0.3 is 0 Å². The minimum Gasteiger partial charge on any atom is -0.394 e. The monoisotopic (exact) mass is 257 g/mol. The Balaban J connectivity index is 1.93. The lowest BCUT2D eigenvalue weighted by Gasteiger charge is -2.23. The summed E-state index contributed by atoms with van der Waals surface area (Å²) < 4.78 is 0. The highest BCUT2D eigenvalue weighted by Gasteiger charge is 2.28. The molecular formula is C14H15N3O2. The van der Waals surface area contributed by atoms with Crippen molar-refractivity contribution in [1.82, 2.24) is 14.9 Å². The molecule has 0 aliphatic carbocycles. The molecule has 1 aromatic heterocycles. The first-order valence-corrected chi connectivity index (χ1v) is 6.42. The standard InChI is InChI=1S/C14H15N3O2/c18-9-11-2-1-7-17(11)14(19)10-3-4-12-13(8-10)16-6-5-15-12/h3-6,8,11,18H,1-2,7,9H2. The van der Waals surface area contributed by atoms with E-state index < -0.39 is 0 Å². The average Bonchev–Trinajstić information content (AvgIpc) is 2.94. The summed E-state index contributed by atoms with van der Waals surface area (Å²) in [5.41, 5.74) is 2.10. The third-order valence-electron chi connectivity index (χ3n) is 3.57. The molecule has 1 aliphatic heterocycles. The van der Waals surface area contributed by atoms with Crippen molar-refractivity contribution in [3.8, 4) is 0 Å². The minimum absolute atomic E-state index is 0.0269. The van der Waals surface area contributed by atoms with Crippen molar-refractivity contribution >= 4 is 16.9 Å². The number of aromatic nitrogens is 2. The predicted octanol–water partition coefficient (Wildman–Crippen LogP) is 1.23. The van der Waals surface area contributed by atoms with E-state index in [9.17, 15) is 9.90 Å². The molecule has 1 aliphatic rings. The van der Waals surface area contributed by atoms with Crippen molar-refractivity contribution in [2.45, 2.75) is 18.9 Å². The van der Waals surface area contributed by atoms with Gasteiger partial charge in [0.1, 0.15) is 0 Å². The summed E-state index contributed by atoms with van der Waals surface area (Å²) in [5.74, 6) is -0.0379. The maximum Gasteiger partial charge on any atom is 0.254 e. The minimum atomic E-state index is -0.0509. The lowest BCUT2D eigenvalue weighted by Crippen LogP contribution is -2.37. The van der Waals surface area contributed by atoms with E-state index in [1.807, 2.05) is 0 Å². The Morgan fingerprint density at radius 2 is 2.11 bits per heavy atom. The van der Waals surface area contributed by atoms with Crippen LogP contribution < -0.4 is 0 Å². The van der Waals surface area contributed by atoms with E-state index in [2.05, 4.69) is 9.97 Å². The van der Waals surface area contributed by atoms with E-state index in [1.165, 1.54) is 0 Å². The Bertz CT molecular complexity index is 614. The maximum absolute atomic E-state index is 12.4. The van der Waals surface area contributed by atoms with Crippen LogP contribution in [0.25, 0.3) is 11.0 Å². The van der Waals surface area contributed by atoms with E-state index in [-0.39, 0.29) is 18.6 Å². The van der Waals surface area contributed by atoms with E-state index in [1.54, 1.807) is 35.5 Å². The van der Waals surface area contributed by atoms with Crippen molar-refractivity contribution in [1.29, 1.82) is 0 Å². The van der Waals surface area contributed by atoms with Gasteiger partial charge in [-0.25, -0.2) is 0 Å². The fourth-order valence-corrected chi connectivity index (χ4v) is 2.56. The molecule has 1 aromatic carbocycles. The molecule has 1 fully saturated rings. The normalized spacial score (nSPS) is 19.0. The number of likely N-dealkylation sites (tertiary alicyclic amines) is 1. The molecule has 0 radical (unpaired) electrons. The van der Waals surface area contributed by atoms with Crippen molar-refractivity contribution < 1.29 is 9.90 Å². The second kappa shape index (κ2) is 4.93. The van der Waals surface area contributed by atoms with Crippen LogP contribution in [0.15, 0.2) is 30.6 Å². The quantitative estimate of drug-likeness (QED) is 0.878. The van der Waals surface area contributed by atoms with Crippen LogP contribution in [0, 0.1) is 0 Å². The molecule has 5 nitrogen and oxygen atoms in total. The molecule has 0 bridgehead atoms. The number of nitrogens with zero attached hydrogens (tertiary/aromatic N) is 3. The smallest absolute Gasteiger partial charge is 0.254 e. The lowest BCUT2D eigenvalue weighted by atomic mass is 10.1. The molecule has 2 heterocycles. The lowest BCUT2D eigenvalue weighted by molar-refractivity contribution is 0.0678. The summed E-state index contributed by atoms with van der Waals surface area (Å²) in [6, 6.07) is 5.29. The highest BCUT2D eigenvalue weighted by molar-refractivity contribution is 5.97. The molecule has 1 unspecified atom stereocenters. The van der Waals surface area contributed by atoms with Crippen molar-refractivity contribution in [3.05, 3.63) is 36.2 Å². The van der Waals surface area contributed by atoms with E-state index in [4.69, 9.17) is 0 Å². The summed E-state index contributed by atoms with van der Waals surface area (Å²) in [6.45, 7) is 0.738. The SMILES string of the molecule is O=C(c1ccc2nccnc2c1)N1CCCC1CO. The van der Waals surface area contributed by atoms with E-state index >= 15 is 0 Å².